The molecule has 1 amide bonds. The molecule has 1 aliphatic rings. The highest BCUT2D eigenvalue weighted by molar-refractivity contribution is 5.95. The Labute approximate surface area is 133 Å². The quantitative estimate of drug-likeness (QED) is 0.790. The molecule has 116 valence electrons. The summed E-state index contributed by atoms with van der Waals surface area (Å²) in [5.74, 6) is 0.602. The molecule has 0 atom stereocenters. The maximum absolute atomic E-state index is 12.6. The Kier molecular flexibility index (Phi) is 3.55. The fourth-order valence-electron chi connectivity index (χ4n) is 2.83. The van der Waals surface area contributed by atoms with Crippen LogP contribution in [0.3, 0.4) is 0 Å². The van der Waals surface area contributed by atoms with Gasteiger partial charge in [-0.15, -0.1) is 0 Å². The van der Waals surface area contributed by atoms with Gasteiger partial charge in [0.1, 0.15) is 5.52 Å². The van der Waals surface area contributed by atoms with Gasteiger partial charge in [0.2, 0.25) is 5.89 Å². The van der Waals surface area contributed by atoms with Crippen LogP contribution in [0.25, 0.3) is 22.6 Å². The fourth-order valence-corrected chi connectivity index (χ4v) is 2.83. The van der Waals surface area contributed by atoms with Gasteiger partial charge < -0.3 is 14.6 Å². The van der Waals surface area contributed by atoms with Crippen molar-refractivity contribution in [3.63, 3.8) is 0 Å². The fraction of sp³-hybridized carbons (Fsp3) is 0.222. The average molecular weight is 307 g/mol. The predicted octanol–water partition coefficient (Wildman–Crippen LogP) is 2.54. The molecule has 1 N–H and O–H groups in total. The second kappa shape index (κ2) is 5.85. The van der Waals surface area contributed by atoms with E-state index < -0.39 is 0 Å². The summed E-state index contributed by atoms with van der Waals surface area (Å²) >= 11 is 0. The van der Waals surface area contributed by atoms with Crippen LogP contribution in [0, 0.1) is 0 Å². The van der Waals surface area contributed by atoms with E-state index in [1.165, 1.54) is 0 Å². The zero-order valence-electron chi connectivity index (χ0n) is 12.7. The van der Waals surface area contributed by atoms with Crippen molar-refractivity contribution in [3.05, 3.63) is 54.1 Å². The molecule has 5 heteroatoms. The number of carbonyl (C=O) groups is 1. The van der Waals surface area contributed by atoms with Gasteiger partial charge in [0, 0.05) is 37.3 Å². The summed E-state index contributed by atoms with van der Waals surface area (Å²) in [5, 5.41) is 3.25. The first-order valence-corrected chi connectivity index (χ1v) is 7.77. The molecule has 5 nitrogen and oxygen atoms in total. The number of rotatable bonds is 2. The zero-order chi connectivity index (χ0) is 15.6. The third-order valence-electron chi connectivity index (χ3n) is 4.05. The summed E-state index contributed by atoms with van der Waals surface area (Å²) in [4.78, 5) is 19.0. The van der Waals surface area contributed by atoms with E-state index in [1.807, 2.05) is 53.4 Å². The maximum Gasteiger partial charge on any atom is 0.253 e. The molecule has 2 heterocycles. The first-order chi connectivity index (χ1) is 11.3. The number of carbonyl (C=O) groups excluding carboxylic acids is 1. The van der Waals surface area contributed by atoms with E-state index in [-0.39, 0.29) is 5.91 Å². The van der Waals surface area contributed by atoms with Crippen LogP contribution in [0.4, 0.5) is 0 Å². The molecule has 0 unspecified atom stereocenters. The topological polar surface area (TPSA) is 58.4 Å². The summed E-state index contributed by atoms with van der Waals surface area (Å²) in [6.45, 7) is 3.17. The first-order valence-electron chi connectivity index (χ1n) is 7.77. The summed E-state index contributed by atoms with van der Waals surface area (Å²) in [6.07, 6.45) is 0. The summed E-state index contributed by atoms with van der Waals surface area (Å²) in [5.41, 5.74) is 3.07. The van der Waals surface area contributed by atoms with Gasteiger partial charge in [-0.2, -0.15) is 0 Å². The highest BCUT2D eigenvalue weighted by atomic mass is 16.3. The largest absolute Gasteiger partial charge is 0.436 e. The molecule has 2 aromatic carbocycles. The van der Waals surface area contributed by atoms with Crippen molar-refractivity contribution >= 4 is 17.0 Å². The van der Waals surface area contributed by atoms with Gasteiger partial charge in [0.25, 0.3) is 5.91 Å². The van der Waals surface area contributed by atoms with E-state index in [1.54, 1.807) is 0 Å². The van der Waals surface area contributed by atoms with E-state index in [0.29, 0.717) is 11.5 Å². The monoisotopic (exact) mass is 307 g/mol. The molecule has 0 spiro atoms. The van der Waals surface area contributed by atoms with Gasteiger partial charge in [-0.3, -0.25) is 4.79 Å². The van der Waals surface area contributed by atoms with Crippen molar-refractivity contribution in [2.45, 2.75) is 0 Å². The van der Waals surface area contributed by atoms with Gasteiger partial charge in [-0.1, -0.05) is 18.2 Å². The first kappa shape index (κ1) is 14.0. The Hall–Kier alpha value is -2.66. The number of hydrogen-bond donors (Lipinski definition) is 1. The summed E-state index contributed by atoms with van der Waals surface area (Å²) in [6, 6.07) is 15.1. The van der Waals surface area contributed by atoms with Crippen LogP contribution >= 0.6 is 0 Å². The number of amides is 1. The number of hydrogen-bond acceptors (Lipinski definition) is 4. The SMILES string of the molecule is O=C(c1cccc(-c2nc3ccccc3o2)c1)N1CCNCC1. The van der Waals surface area contributed by atoms with Crippen LogP contribution in [-0.2, 0) is 0 Å². The Morgan fingerprint density at radius 2 is 1.91 bits per heavy atom. The minimum Gasteiger partial charge on any atom is -0.436 e. The average Bonchev–Trinajstić information content (AvgIpc) is 3.06. The van der Waals surface area contributed by atoms with Gasteiger partial charge in [-0.25, -0.2) is 4.98 Å². The Balaban J connectivity index is 1.66. The molecule has 1 saturated heterocycles. The summed E-state index contributed by atoms with van der Waals surface area (Å²) < 4.78 is 5.79. The third kappa shape index (κ3) is 2.71. The van der Waals surface area contributed by atoms with Gasteiger partial charge in [-0.05, 0) is 30.3 Å². The molecule has 4 rings (SSSR count). The molecule has 0 bridgehead atoms. The van der Waals surface area contributed by atoms with Crippen LogP contribution in [0.15, 0.2) is 52.9 Å². The van der Waals surface area contributed by atoms with Crippen LogP contribution in [0.2, 0.25) is 0 Å². The highest BCUT2D eigenvalue weighted by Crippen LogP contribution is 2.25. The van der Waals surface area contributed by atoms with E-state index in [2.05, 4.69) is 10.3 Å². The number of oxazole rings is 1. The number of para-hydroxylation sites is 2. The molecule has 0 saturated carbocycles. The lowest BCUT2D eigenvalue weighted by atomic mass is 10.1. The van der Waals surface area contributed by atoms with Gasteiger partial charge >= 0.3 is 0 Å². The lowest BCUT2D eigenvalue weighted by Crippen LogP contribution is -2.46. The standard InChI is InChI=1S/C18H17N3O2/c22-18(21-10-8-19-9-11-21)14-5-3-4-13(12-14)17-20-15-6-1-2-7-16(15)23-17/h1-7,12,19H,8-11H2. The van der Waals surface area contributed by atoms with Crippen LogP contribution in [-0.4, -0.2) is 42.0 Å². The van der Waals surface area contributed by atoms with Crippen molar-refractivity contribution in [2.75, 3.05) is 26.2 Å². The lowest BCUT2D eigenvalue weighted by molar-refractivity contribution is 0.0736. The van der Waals surface area contributed by atoms with E-state index in [4.69, 9.17) is 4.42 Å². The smallest absolute Gasteiger partial charge is 0.253 e. The number of nitrogens with zero attached hydrogens (tertiary/aromatic N) is 2. The Morgan fingerprint density at radius 3 is 2.74 bits per heavy atom. The van der Waals surface area contributed by atoms with Crippen molar-refractivity contribution in [2.24, 2.45) is 0 Å². The molecule has 23 heavy (non-hydrogen) atoms. The molecule has 3 aromatic rings. The number of aromatic nitrogens is 1. The molecule has 0 radical (unpaired) electrons. The second-order valence-electron chi connectivity index (χ2n) is 5.61. The number of piperazine rings is 1. The van der Waals surface area contributed by atoms with Gasteiger partial charge in [0.15, 0.2) is 5.58 Å². The van der Waals surface area contributed by atoms with Crippen LogP contribution < -0.4 is 5.32 Å². The molecular weight excluding hydrogens is 290 g/mol. The van der Waals surface area contributed by atoms with Crippen molar-refractivity contribution < 1.29 is 9.21 Å². The minimum absolute atomic E-state index is 0.0597. The number of benzene rings is 2. The van der Waals surface area contributed by atoms with E-state index >= 15 is 0 Å². The lowest BCUT2D eigenvalue weighted by Gasteiger charge is -2.27. The van der Waals surface area contributed by atoms with Crippen LogP contribution in [0.1, 0.15) is 10.4 Å². The predicted molar refractivity (Wildman–Crippen MR) is 88.2 cm³/mol. The zero-order valence-corrected chi connectivity index (χ0v) is 12.7. The van der Waals surface area contributed by atoms with Crippen LogP contribution in [0.5, 0.6) is 0 Å². The van der Waals surface area contributed by atoms with Crippen molar-refractivity contribution in [1.82, 2.24) is 15.2 Å². The van der Waals surface area contributed by atoms with Crippen molar-refractivity contribution in [1.29, 1.82) is 0 Å². The second-order valence-corrected chi connectivity index (χ2v) is 5.61. The molecular formula is C18H17N3O2. The molecule has 0 aliphatic carbocycles. The number of fused-ring (bicyclic) bond motifs is 1. The Morgan fingerprint density at radius 1 is 1.09 bits per heavy atom. The molecule has 1 fully saturated rings. The third-order valence-corrected chi connectivity index (χ3v) is 4.05. The molecule has 1 aromatic heterocycles. The minimum atomic E-state index is 0.0597. The van der Waals surface area contributed by atoms with Crippen molar-refractivity contribution in [3.8, 4) is 11.5 Å². The normalized spacial score (nSPS) is 15.0. The maximum atomic E-state index is 12.6. The van der Waals surface area contributed by atoms with E-state index in [0.717, 1.165) is 42.8 Å². The molecule has 1 aliphatic heterocycles. The highest BCUT2D eigenvalue weighted by Gasteiger charge is 2.19. The number of nitrogens with one attached hydrogen (secondary N) is 1. The Bertz CT molecular complexity index is 817. The summed E-state index contributed by atoms with van der Waals surface area (Å²) in [7, 11) is 0. The van der Waals surface area contributed by atoms with E-state index in [9.17, 15) is 4.79 Å². The van der Waals surface area contributed by atoms with Gasteiger partial charge in [0.05, 0.1) is 0 Å².